The standard InChI is InChI=1S/C16H24F3N3O2S/c1-4-20-15(21-10-11-25(23,24)5-2)22(3)12-13-6-8-14(9-7-13)16(17,18)19/h6-9H,4-5,10-12H2,1-3H3,(H,20,21). The molecule has 1 aromatic rings. The molecule has 0 radical (unpaired) electrons. The van der Waals surface area contributed by atoms with Gasteiger partial charge in [0, 0.05) is 25.9 Å². The third kappa shape index (κ3) is 7.33. The van der Waals surface area contributed by atoms with Gasteiger partial charge in [-0.3, -0.25) is 4.99 Å². The molecule has 0 aliphatic carbocycles. The van der Waals surface area contributed by atoms with Crippen LogP contribution < -0.4 is 5.32 Å². The van der Waals surface area contributed by atoms with Crippen molar-refractivity contribution in [2.45, 2.75) is 26.6 Å². The number of hydrogen-bond donors (Lipinski definition) is 1. The molecule has 9 heteroatoms. The summed E-state index contributed by atoms with van der Waals surface area (Å²) in [6.07, 6.45) is -4.36. The number of alkyl halides is 3. The molecule has 0 atom stereocenters. The van der Waals surface area contributed by atoms with Gasteiger partial charge in [-0.25, -0.2) is 8.42 Å². The van der Waals surface area contributed by atoms with Gasteiger partial charge in [0.15, 0.2) is 15.8 Å². The second-order valence-corrected chi connectivity index (χ2v) is 8.00. The van der Waals surface area contributed by atoms with Crippen LogP contribution in [-0.2, 0) is 22.6 Å². The predicted octanol–water partition coefficient (Wildman–Crippen LogP) is 2.54. The first kappa shape index (κ1) is 21.3. The maximum absolute atomic E-state index is 12.6. The minimum Gasteiger partial charge on any atom is -0.357 e. The number of aliphatic imine (C=N–C) groups is 1. The maximum atomic E-state index is 12.6. The van der Waals surface area contributed by atoms with Crippen molar-refractivity contribution < 1.29 is 21.6 Å². The Hall–Kier alpha value is -1.77. The molecule has 142 valence electrons. The molecule has 0 bridgehead atoms. The Bertz CT molecular complexity index is 671. The molecule has 1 rings (SSSR count). The van der Waals surface area contributed by atoms with Crippen LogP contribution in [0.15, 0.2) is 29.3 Å². The zero-order valence-corrected chi connectivity index (χ0v) is 15.4. The van der Waals surface area contributed by atoms with E-state index in [1.807, 2.05) is 6.92 Å². The van der Waals surface area contributed by atoms with Crippen LogP contribution in [-0.4, -0.2) is 50.9 Å². The minimum atomic E-state index is -4.36. The summed E-state index contributed by atoms with van der Waals surface area (Å²) in [5.41, 5.74) is 0.00605. The van der Waals surface area contributed by atoms with E-state index in [0.717, 1.165) is 12.1 Å². The van der Waals surface area contributed by atoms with Gasteiger partial charge in [-0.1, -0.05) is 19.1 Å². The Labute approximate surface area is 146 Å². The van der Waals surface area contributed by atoms with Crippen LogP contribution in [0, 0.1) is 0 Å². The van der Waals surface area contributed by atoms with Gasteiger partial charge in [0.25, 0.3) is 0 Å². The lowest BCUT2D eigenvalue weighted by Crippen LogP contribution is -2.38. The molecule has 25 heavy (non-hydrogen) atoms. The van der Waals surface area contributed by atoms with E-state index in [1.165, 1.54) is 12.1 Å². The molecule has 0 unspecified atom stereocenters. The van der Waals surface area contributed by atoms with Gasteiger partial charge in [0.05, 0.1) is 17.9 Å². The normalized spacial score (nSPS) is 13.0. The topological polar surface area (TPSA) is 61.8 Å². The van der Waals surface area contributed by atoms with Crippen LogP contribution in [0.2, 0.25) is 0 Å². The Balaban J connectivity index is 2.77. The second kappa shape index (κ2) is 9.07. The van der Waals surface area contributed by atoms with Gasteiger partial charge >= 0.3 is 6.18 Å². The van der Waals surface area contributed by atoms with Gasteiger partial charge in [-0.05, 0) is 24.6 Å². The lowest BCUT2D eigenvalue weighted by Gasteiger charge is -2.22. The molecule has 1 N–H and O–H groups in total. The van der Waals surface area contributed by atoms with E-state index < -0.39 is 21.6 Å². The molecule has 0 saturated carbocycles. The molecule has 0 heterocycles. The minimum absolute atomic E-state index is 0.0352. The Morgan fingerprint density at radius 1 is 1.20 bits per heavy atom. The molecular formula is C16H24F3N3O2S. The van der Waals surface area contributed by atoms with E-state index in [0.29, 0.717) is 24.6 Å². The summed E-state index contributed by atoms with van der Waals surface area (Å²) in [5.74, 6) is 0.543. The number of nitrogens with zero attached hydrogens (tertiary/aromatic N) is 2. The van der Waals surface area contributed by atoms with E-state index in [2.05, 4.69) is 10.3 Å². The first-order chi connectivity index (χ1) is 11.6. The molecular weight excluding hydrogens is 355 g/mol. The Kier molecular flexibility index (Phi) is 7.72. The van der Waals surface area contributed by atoms with Crippen molar-refractivity contribution in [1.29, 1.82) is 0 Å². The second-order valence-electron chi connectivity index (χ2n) is 5.52. The van der Waals surface area contributed by atoms with E-state index in [4.69, 9.17) is 0 Å². The molecule has 0 amide bonds. The number of halogens is 3. The highest BCUT2D eigenvalue weighted by atomic mass is 32.2. The lowest BCUT2D eigenvalue weighted by atomic mass is 10.1. The molecule has 0 aromatic heterocycles. The molecule has 0 aliphatic rings. The number of hydrogen-bond acceptors (Lipinski definition) is 3. The molecule has 0 fully saturated rings. The Morgan fingerprint density at radius 3 is 2.28 bits per heavy atom. The molecule has 0 aliphatic heterocycles. The fourth-order valence-corrected chi connectivity index (χ4v) is 2.71. The van der Waals surface area contributed by atoms with Crippen LogP contribution in [0.1, 0.15) is 25.0 Å². The summed E-state index contributed by atoms with van der Waals surface area (Å²) < 4.78 is 60.8. The fourth-order valence-electron chi connectivity index (χ4n) is 2.05. The van der Waals surface area contributed by atoms with Crippen LogP contribution in [0.5, 0.6) is 0 Å². The Morgan fingerprint density at radius 2 is 1.80 bits per heavy atom. The zero-order chi connectivity index (χ0) is 19.1. The maximum Gasteiger partial charge on any atom is 0.416 e. The molecule has 0 spiro atoms. The summed E-state index contributed by atoms with van der Waals surface area (Å²) >= 11 is 0. The zero-order valence-electron chi connectivity index (χ0n) is 14.6. The van der Waals surface area contributed by atoms with Crippen molar-refractivity contribution in [3.8, 4) is 0 Å². The van der Waals surface area contributed by atoms with Crippen LogP contribution >= 0.6 is 0 Å². The average molecular weight is 379 g/mol. The number of rotatable bonds is 7. The van der Waals surface area contributed by atoms with Crippen LogP contribution in [0.25, 0.3) is 0 Å². The van der Waals surface area contributed by atoms with Crippen molar-refractivity contribution in [2.75, 3.05) is 31.6 Å². The summed E-state index contributed by atoms with van der Waals surface area (Å²) in [4.78, 5) is 6.01. The number of guanidine groups is 1. The van der Waals surface area contributed by atoms with E-state index >= 15 is 0 Å². The lowest BCUT2D eigenvalue weighted by molar-refractivity contribution is -0.137. The monoisotopic (exact) mass is 379 g/mol. The molecule has 5 nitrogen and oxygen atoms in total. The van der Waals surface area contributed by atoms with Crippen molar-refractivity contribution in [2.24, 2.45) is 4.99 Å². The predicted molar refractivity (Wildman–Crippen MR) is 93.2 cm³/mol. The SMILES string of the molecule is CCNC(=NCCS(=O)(=O)CC)N(C)Cc1ccc(C(F)(F)F)cc1. The van der Waals surface area contributed by atoms with Gasteiger partial charge in [0.2, 0.25) is 0 Å². The van der Waals surface area contributed by atoms with Crippen LogP contribution in [0.4, 0.5) is 13.2 Å². The van der Waals surface area contributed by atoms with Gasteiger partial charge in [0.1, 0.15) is 0 Å². The highest BCUT2D eigenvalue weighted by Crippen LogP contribution is 2.29. The molecule has 0 saturated heterocycles. The van der Waals surface area contributed by atoms with Gasteiger partial charge in [-0.15, -0.1) is 0 Å². The quantitative estimate of drug-likeness (QED) is 0.584. The summed E-state index contributed by atoms with van der Waals surface area (Å²) in [7, 11) is -1.35. The van der Waals surface area contributed by atoms with Crippen molar-refractivity contribution in [3.63, 3.8) is 0 Å². The van der Waals surface area contributed by atoms with E-state index in [9.17, 15) is 21.6 Å². The third-order valence-corrected chi connectivity index (χ3v) is 5.19. The fraction of sp³-hybridized carbons (Fsp3) is 0.562. The summed E-state index contributed by atoms with van der Waals surface area (Å²) in [6, 6.07) is 4.93. The number of sulfone groups is 1. The van der Waals surface area contributed by atoms with Gasteiger partial charge < -0.3 is 10.2 Å². The highest BCUT2D eigenvalue weighted by Gasteiger charge is 2.29. The first-order valence-corrected chi connectivity index (χ1v) is 9.77. The highest BCUT2D eigenvalue weighted by molar-refractivity contribution is 7.91. The number of nitrogens with one attached hydrogen (secondary N) is 1. The average Bonchev–Trinajstić information content (AvgIpc) is 2.53. The van der Waals surface area contributed by atoms with Crippen molar-refractivity contribution in [3.05, 3.63) is 35.4 Å². The summed E-state index contributed by atoms with van der Waals surface area (Å²) in [5, 5.41) is 3.04. The largest absolute Gasteiger partial charge is 0.416 e. The smallest absolute Gasteiger partial charge is 0.357 e. The van der Waals surface area contributed by atoms with Crippen molar-refractivity contribution >= 4 is 15.8 Å². The van der Waals surface area contributed by atoms with Crippen LogP contribution in [0.3, 0.4) is 0 Å². The molecule has 1 aromatic carbocycles. The van der Waals surface area contributed by atoms with E-state index in [-0.39, 0.29) is 18.1 Å². The summed E-state index contributed by atoms with van der Waals surface area (Å²) in [6.45, 7) is 4.54. The first-order valence-electron chi connectivity index (χ1n) is 7.95. The number of benzene rings is 1. The van der Waals surface area contributed by atoms with Gasteiger partial charge in [-0.2, -0.15) is 13.2 Å². The van der Waals surface area contributed by atoms with E-state index in [1.54, 1.807) is 18.9 Å². The van der Waals surface area contributed by atoms with Crippen molar-refractivity contribution in [1.82, 2.24) is 10.2 Å². The third-order valence-electron chi connectivity index (χ3n) is 3.50.